The lowest BCUT2D eigenvalue weighted by Gasteiger charge is -2.06. The first-order valence-corrected chi connectivity index (χ1v) is 7.05. The molecule has 0 aliphatic rings. The molecule has 3 rings (SSSR count). The summed E-state index contributed by atoms with van der Waals surface area (Å²) in [6.07, 6.45) is 0. The van der Waals surface area contributed by atoms with E-state index in [-0.39, 0.29) is 0 Å². The van der Waals surface area contributed by atoms with Crippen molar-refractivity contribution in [1.29, 1.82) is 0 Å². The molecule has 2 aromatic carbocycles. The molecule has 4 heteroatoms. The number of carbonyl (C=O) groups excluding carboxylic acids is 1. The average molecular weight is 306 g/mol. The molecule has 0 unspecified atom stereocenters. The van der Waals surface area contributed by atoms with Crippen LogP contribution in [0.3, 0.4) is 0 Å². The first-order chi connectivity index (χ1) is 11.0. The van der Waals surface area contributed by atoms with Gasteiger partial charge in [0.25, 0.3) is 0 Å². The Balaban J connectivity index is 2.04. The van der Waals surface area contributed by atoms with Gasteiger partial charge >= 0.3 is 11.6 Å². The Hall–Kier alpha value is -3.14. The largest absolute Gasteiger partial charge is 0.423 e. The van der Waals surface area contributed by atoms with Crippen molar-refractivity contribution in [2.75, 3.05) is 0 Å². The van der Waals surface area contributed by atoms with Crippen LogP contribution in [0.4, 0.5) is 0 Å². The number of hydrogen-bond acceptors (Lipinski definition) is 4. The Morgan fingerprint density at radius 1 is 1.09 bits per heavy atom. The Morgan fingerprint density at radius 2 is 1.83 bits per heavy atom. The summed E-state index contributed by atoms with van der Waals surface area (Å²) >= 11 is 0. The van der Waals surface area contributed by atoms with Crippen LogP contribution in [-0.4, -0.2) is 5.97 Å². The van der Waals surface area contributed by atoms with Crippen LogP contribution in [0.25, 0.3) is 22.1 Å². The minimum atomic E-state index is -0.521. The first kappa shape index (κ1) is 14.8. The van der Waals surface area contributed by atoms with Gasteiger partial charge in [-0.15, -0.1) is 0 Å². The normalized spacial score (nSPS) is 10.5. The molecule has 0 bridgehead atoms. The van der Waals surface area contributed by atoms with Crippen LogP contribution < -0.4 is 10.4 Å². The minimum Gasteiger partial charge on any atom is -0.423 e. The fraction of sp³-hybridized carbons (Fsp3) is 0.0526. The smallest absolute Gasteiger partial charge is 0.344 e. The second kappa shape index (κ2) is 5.93. The highest BCUT2D eigenvalue weighted by molar-refractivity contribution is 5.90. The summed E-state index contributed by atoms with van der Waals surface area (Å²) in [6, 6.07) is 16.0. The predicted molar refractivity (Wildman–Crippen MR) is 88.4 cm³/mol. The Kier molecular flexibility index (Phi) is 3.81. The number of esters is 1. The predicted octanol–water partition coefficient (Wildman–Crippen LogP) is 3.94. The van der Waals surface area contributed by atoms with Crippen LogP contribution in [0.1, 0.15) is 6.92 Å². The number of benzene rings is 2. The van der Waals surface area contributed by atoms with Crippen molar-refractivity contribution in [3.63, 3.8) is 0 Å². The highest BCUT2D eigenvalue weighted by Gasteiger charge is 2.10. The quantitative estimate of drug-likeness (QED) is 0.318. The number of fused-ring (bicyclic) bond motifs is 1. The summed E-state index contributed by atoms with van der Waals surface area (Å²) in [6.45, 7) is 5.09. The standard InChI is InChI=1S/C19H14O4/c1-12(2)18(20)22-15-9-8-14-10-16(13-6-4-3-5-7-13)19(21)23-17(14)11-15/h3-11H,1H2,2H3. The van der Waals surface area contributed by atoms with Crippen LogP contribution in [0.15, 0.2) is 76.0 Å². The van der Waals surface area contributed by atoms with E-state index < -0.39 is 11.6 Å². The van der Waals surface area contributed by atoms with Crippen molar-refractivity contribution >= 4 is 16.9 Å². The highest BCUT2D eigenvalue weighted by Crippen LogP contribution is 2.24. The molecule has 0 aliphatic carbocycles. The SMILES string of the molecule is C=C(C)C(=O)Oc1ccc2cc(-c3ccccc3)c(=O)oc2c1. The number of hydrogen-bond donors (Lipinski definition) is 0. The molecule has 1 aromatic heterocycles. The zero-order chi connectivity index (χ0) is 16.4. The van der Waals surface area contributed by atoms with Crippen molar-refractivity contribution in [1.82, 2.24) is 0 Å². The maximum atomic E-state index is 12.2. The highest BCUT2D eigenvalue weighted by atomic mass is 16.5. The number of carbonyl (C=O) groups is 1. The number of ether oxygens (including phenoxy) is 1. The van der Waals surface area contributed by atoms with Crippen molar-refractivity contribution in [2.24, 2.45) is 0 Å². The molecule has 3 aromatic rings. The average Bonchev–Trinajstić information content (AvgIpc) is 2.54. The monoisotopic (exact) mass is 306 g/mol. The van der Waals surface area contributed by atoms with E-state index in [0.717, 1.165) is 10.9 Å². The molecule has 23 heavy (non-hydrogen) atoms. The molecule has 0 atom stereocenters. The van der Waals surface area contributed by atoms with Gasteiger partial charge in [-0.3, -0.25) is 0 Å². The molecule has 0 spiro atoms. The van der Waals surface area contributed by atoms with E-state index in [0.29, 0.717) is 22.5 Å². The second-order valence-electron chi connectivity index (χ2n) is 5.18. The zero-order valence-electron chi connectivity index (χ0n) is 12.5. The van der Waals surface area contributed by atoms with Crippen molar-refractivity contribution in [2.45, 2.75) is 6.92 Å². The van der Waals surface area contributed by atoms with Gasteiger partial charge in [0.15, 0.2) is 0 Å². The van der Waals surface area contributed by atoms with E-state index in [1.807, 2.05) is 30.3 Å². The van der Waals surface area contributed by atoms with Gasteiger partial charge in [0.1, 0.15) is 11.3 Å². The van der Waals surface area contributed by atoms with E-state index in [9.17, 15) is 9.59 Å². The summed E-state index contributed by atoms with van der Waals surface area (Å²) in [5.41, 5.74) is 1.51. The second-order valence-corrected chi connectivity index (χ2v) is 5.18. The lowest BCUT2D eigenvalue weighted by atomic mass is 10.1. The molecular weight excluding hydrogens is 292 g/mol. The fourth-order valence-corrected chi connectivity index (χ4v) is 2.17. The summed E-state index contributed by atoms with van der Waals surface area (Å²) in [7, 11) is 0. The molecule has 1 heterocycles. The van der Waals surface area contributed by atoms with Gasteiger partial charge < -0.3 is 9.15 Å². The van der Waals surface area contributed by atoms with Gasteiger partial charge in [0.2, 0.25) is 0 Å². The number of rotatable bonds is 3. The summed E-state index contributed by atoms with van der Waals surface area (Å²) < 4.78 is 10.5. The van der Waals surface area contributed by atoms with E-state index in [4.69, 9.17) is 9.15 Å². The van der Waals surface area contributed by atoms with Gasteiger partial charge in [0, 0.05) is 17.0 Å². The molecule has 0 fully saturated rings. The van der Waals surface area contributed by atoms with Crippen LogP contribution in [-0.2, 0) is 4.79 Å². The molecule has 114 valence electrons. The zero-order valence-corrected chi connectivity index (χ0v) is 12.5. The van der Waals surface area contributed by atoms with Gasteiger partial charge in [-0.05, 0) is 30.7 Å². The molecule has 0 aliphatic heterocycles. The van der Waals surface area contributed by atoms with Crippen molar-refractivity contribution in [3.05, 3.63) is 77.2 Å². The first-order valence-electron chi connectivity index (χ1n) is 7.05. The van der Waals surface area contributed by atoms with Crippen molar-refractivity contribution in [3.8, 4) is 16.9 Å². The fourth-order valence-electron chi connectivity index (χ4n) is 2.17. The van der Waals surface area contributed by atoms with Crippen LogP contribution in [0, 0.1) is 0 Å². The third kappa shape index (κ3) is 3.06. The van der Waals surface area contributed by atoms with Gasteiger partial charge in [-0.1, -0.05) is 36.9 Å². The lowest BCUT2D eigenvalue weighted by Crippen LogP contribution is -2.08. The van der Waals surface area contributed by atoms with Gasteiger partial charge in [-0.2, -0.15) is 0 Å². The third-order valence-electron chi connectivity index (χ3n) is 3.35. The Labute approximate surface area is 132 Å². The van der Waals surface area contributed by atoms with Crippen molar-refractivity contribution < 1.29 is 13.9 Å². The molecule has 4 nitrogen and oxygen atoms in total. The summed E-state index contributed by atoms with van der Waals surface area (Å²) in [5, 5.41) is 0.749. The van der Waals surface area contributed by atoms with Gasteiger partial charge in [-0.25, -0.2) is 9.59 Å². The minimum absolute atomic E-state index is 0.297. The molecule has 0 saturated carbocycles. The van der Waals surface area contributed by atoms with Crippen LogP contribution >= 0.6 is 0 Å². The van der Waals surface area contributed by atoms with E-state index in [1.165, 1.54) is 6.07 Å². The van der Waals surface area contributed by atoms with Crippen LogP contribution in [0.5, 0.6) is 5.75 Å². The maximum absolute atomic E-state index is 12.2. The summed E-state index contributed by atoms with van der Waals surface area (Å²) in [5.74, 6) is -0.214. The van der Waals surface area contributed by atoms with E-state index in [2.05, 4.69) is 6.58 Å². The topological polar surface area (TPSA) is 56.5 Å². The lowest BCUT2D eigenvalue weighted by molar-refractivity contribution is -0.130. The maximum Gasteiger partial charge on any atom is 0.344 e. The van der Waals surface area contributed by atoms with Gasteiger partial charge in [0.05, 0.1) is 5.56 Å². The van der Waals surface area contributed by atoms with E-state index in [1.54, 1.807) is 25.1 Å². The molecule has 0 amide bonds. The Morgan fingerprint density at radius 3 is 2.52 bits per heavy atom. The Bertz CT molecular complexity index is 952. The van der Waals surface area contributed by atoms with E-state index >= 15 is 0 Å². The molecular formula is C19H14O4. The summed E-state index contributed by atoms with van der Waals surface area (Å²) in [4.78, 5) is 23.7. The molecule has 0 radical (unpaired) electrons. The van der Waals surface area contributed by atoms with Crippen LogP contribution in [0.2, 0.25) is 0 Å². The third-order valence-corrected chi connectivity index (χ3v) is 3.35. The molecule has 0 saturated heterocycles. The molecule has 0 N–H and O–H groups in total.